The van der Waals surface area contributed by atoms with Crippen LogP contribution in [0.1, 0.15) is 18.9 Å². The number of hydrogen-bond acceptors (Lipinski definition) is 8. The maximum absolute atomic E-state index is 13.2. The van der Waals surface area contributed by atoms with E-state index >= 15 is 0 Å². The highest BCUT2D eigenvalue weighted by Crippen LogP contribution is 2.31. The van der Waals surface area contributed by atoms with Gasteiger partial charge >= 0.3 is 6.61 Å². The van der Waals surface area contributed by atoms with E-state index in [1.54, 1.807) is 25.1 Å². The van der Waals surface area contributed by atoms with E-state index in [2.05, 4.69) is 20.0 Å². The van der Waals surface area contributed by atoms with Crippen molar-refractivity contribution in [3.05, 3.63) is 82.4 Å². The van der Waals surface area contributed by atoms with Gasteiger partial charge in [-0.25, -0.2) is 8.42 Å². The highest BCUT2D eigenvalue weighted by atomic mass is 32.2. The minimum atomic E-state index is -4.32. The number of rotatable bonds is 11. The lowest BCUT2D eigenvalue weighted by Crippen LogP contribution is -2.16. The fourth-order valence-electron chi connectivity index (χ4n) is 3.17. The summed E-state index contributed by atoms with van der Waals surface area (Å²) in [6, 6.07) is 15.3. The molecular formula is C23H22F2N4O6S. The highest BCUT2D eigenvalue weighted by Gasteiger charge is 2.24. The molecule has 0 aromatic heterocycles. The van der Waals surface area contributed by atoms with E-state index in [-0.39, 0.29) is 22.9 Å². The molecule has 0 radical (unpaired) electrons. The van der Waals surface area contributed by atoms with Crippen LogP contribution in [0, 0.1) is 10.1 Å². The maximum Gasteiger partial charge on any atom is 0.387 e. The summed E-state index contributed by atoms with van der Waals surface area (Å²) in [6.07, 6.45) is 0.399. The quantitative estimate of drug-likeness (QED) is 0.201. The minimum absolute atomic E-state index is 0.0217. The van der Waals surface area contributed by atoms with Crippen molar-refractivity contribution < 1.29 is 31.6 Å². The van der Waals surface area contributed by atoms with Crippen LogP contribution in [-0.2, 0) is 10.0 Å². The second kappa shape index (κ2) is 11.4. The summed E-state index contributed by atoms with van der Waals surface area (Å²) >= 11 is 0. The molecule has 0 saturated carbocycles. The average Bonchev–Trinajstić information content (AvgIpc) is 2.85. The number of ether oxygens (including phenoxy) is 2. The maximum atomic E-state index is 13.2. The Labute approximate surface area is 205 Å². The van der Waals surface area contributed by atoms with E-state index in [9.17, 15) is 27.3 Å². The van der Waals surface area contributed by atoms with Crippen LogP contribution in [0.3, 0.4) is 0 Å². The molecule has 0 fully saturated rings. The van der Waals surface area contributed by atoms with Crippen molar-refractivity contribution in [3.8, 4) is 11.5 Å². The first kappa shape index (κ1) is 26.3. The zero-order valence-corrected chi connectivity index (χ0v) is 20.0. The number of non-ortho nitro benzene ring substituents is 1. The SMILES string of the molecule is CC/C(=N\Nc1ccc([N+](=O)[O-])cc1S(=O)(=O)Nc1ccccc1OC)c1ccc(OC(F)F)cc1. The van der Waals surface area contributed by atoms with Crippen LogP contribution >= 0.6 is 0 Å². The Morgan fingerprint density at radius 1 is 1.08 bits per heavy atom. The van der Waals surface area contributed by atoms with E-state index in [0.717, 1.165) is 12.1 Å². The normalized spacial score (nSPS) is 11.8. The third kappa shape index (κ3) is 6.44. The predicted octanol–water partition coefficient (Wildman–Crippen LogP) is 5.23. The van der Waals surface area contributed by atoms with Crippen molar-refractivity contribution >= 4 is 32.8 Å². The lowest BCUT2D eigenvalue weighted by Gasteiger charge is -2.14. The van der Waals surface area contributed by atoms with Gasteiger partial charge in [0.05, 0.1) is 29.1 Å². The van der Waals surface area contributed by atoms with E-state index in [0.29, 0.717) is 17.7 Å². The van der Waals surface area contributed by atoms with Gasteiger partial charge in [-0.3, -0.25) is 20.3 Å². The van der Waals surface area contributed by atoms with Crippen LogP contribution < -0.4 is 19.6 Å². The molecule has 10 nitrogen and oxygen atoms in total. The van der Waals surface area contributed by atoms with Gasteiger partial charge in [0.2, 0.25) is 0 Å². The number of para-hydroxylation sites is 2. The molecule has 0 amide bonds. The molecule has 0 aliphatic carbocycles. The summed E-state index contributed by atoms with van der Waals surface area (Å²) in [6.45, 7) is -1.16. The van der Waals surface area contributed by atoms with Crippen LogP contribution in [0.25, 0.3) is 0 Å². The Balaban J connectivity index is 1.97. The number of nitrogens with one attached hydrogen (secondary N) is 2. The Bertz CT molecular complexity index is 1370. The molecule has 190 valence electrons. The second-order valence-corrected chi connectivity index (χ2v) is 8.82. The van der Waals surface area contributed by atoms with Crippen molar-refractivity contribution in [1.29, 1.82) is 0 Å². The number of halogens is 2. The number of alkyl halides is 2. The van der Waals surface area contributed by atoms with Crippen molar-refractivity contribution in [3.63, 3.8) is 0 Å². The number of anilines is 2. The molecule has 0 unspecified atom stereocenters. The zero-order valence-electron chi connectivity index (χ0n) is 19.1. The van der Waals surface area contributed by atoms with Crippen LogP contribution in [0.4, 0.5) is 25.8 Å². The van der Waals surface area contributed by atoms with Crippen LogP contribution in [0.2, 0.25) is 0 Å². The molecular weight excluding hydrogens is 498 g/mol. The van der Waals surface area contributed by atoms with E-state index in [1.165, 1.54) is 43.5 Å². The van der Waals surface area contributed by atoms with Gasteiger partial charge in [0.25, 0.3) is 15.7 Å². The first-order chi connectivity index (χ1) is 17.1. The molecule has 13 heteroatoms. The van der Waals surface area contributed by atoms with Gasteiger partial charge in [-0.05, 0) is 54.4 Å². The molecule has 0 aliphatic rings. The topological polar surface area (TPSA) is 132 Å². The van der Waals surface area contributed by atoms with Gasteiger partial charge in [0.1, 0.15) is 16.4 Å². The van der Waals surface area contributed by atoms with E-state index in [1.807, 2.05) is 0 Å². The minimum Gasteiger partial charge on any atom is -0.495 e. The molecule has 3 rings (SSSR count). The number of nitrogens with zero attached hydrogens (tertiary/aromatic N) is 2. The van der Waals surface area contributed by atoms with E-state index in [4.69, 9.17) is 4.74 Å². The number of nitro groups is 1. The molecule has 0 heterocycles. The second-order valence-electron chi connectivity index (χ2n) is 7.17. The molecule has 0 atom stereocenters. The first-order valence-corrected chi connectivity index (χ1v) is 11.9. The molecule has 0 saturated heterocycles. The molecule has 0 spiro atoms. The smallest absolute Gasteiger partial charge is 0.387 e. The number of hydrogen-bond donors (Lipinski definition) is 2. The monoisotopic (exact) mass is 520 g/mol. The fourth-order valence-corrected chi connectivity index (χ4v) is 4.42. The summed E-state index contributed by atoms with van der Waals surface area (Å²) in [5.41, 5.74) is 3.39. The van der Waals surface area contributed by atoms with Crippen LogP contribution in [0.15, 0.2) is 76.7 Å². The highest BCUT2D eigenvalue weighted by molar-refractivity contribution is 7.93. The lowest BCUT2D eigenvalue weighted by atomic mass is 10.1. The largest absolute Gasteiger partial charge is 0.495 e. The fraction of sp³-hybridized carbons (Fsp3) is 0.174. The summed E-state index contributed by atoms with van der Waals surface area (Å²) in [5, 5.41) is 15.6. The Kier molecular flexibility index (Phi) is 8.38. The number of nitro benzene ring substituents is 1. The lowest BCUT2D eigenvalue weighted by molar-refractivity contribution is -0.385. The van der Waals surface area contributed by atoms with Crippen LogP contribution in [-0.4, -0.2) is 32.8 Å². The molecule has 36 heavy (non-hydrogen) atoms. The number of benzene rings is 3. The standard InChI is InChI=1S/C23H22F2N4O6S/c1-3-18(15-8-11-17(12-9-15)35-23(24)25)26-27-20-13-10-16(29(30)31)14-22(20)36(32,33)28-19-6-4-5-7-21(19)34-2/h4-14,23,27-28H,3H2,1-2H3/b26-18+. The van der Waals surface area contributed by atoms with Gasteiger partial charge < -0.3 is 9.47 Å². The molecule has 3 aromatic carbocycles. The van der Waals surface area contributed by atoms with Gasteiger partial charge in [0.15, 0.2) is 0 Å². The van der Waals surface area contributed by atoms with E-state index < -0.39 is 32.1 Å². The zero-order chi connectivity index (χ0) is 26.3. The molecule has 0 bridgehead atoms. The van der Waals surface area contributed by atoms with Gasteiger partial charge in [-0.1, -0.05) is 19.1 Å². The van der Waals surface area contributed by atoms with Crippen molar-refractivity contribution in [2.24, 2.45) is 5.10 Å². The van der Waals surface area contributed by atoms with Crippen molar-refractivity contribution in [1.82, 2.24) is 0 Å². The summed E-state index contributed by atoms with van der Waals surface area (Å²) in [5.74, 6) is 0.231. The summed E-state index contributed by atoms with van der Waals surface area (Å²) in [4.78, 5) is 10.2. The van der Waals surface area contributed by atoms with Gasteiger partial charge in [-0.2, -0.15) is 13.9 Å². The third-order valence-electron chi connectivity index (χ3n) is 4.88. The first-order valence-electron chi connectivity index (χ1n) is 10.5. The van der Waals surface area contributed by atoms with Gasteiger partial charge in [-0.15, -0.1) is 0 Å². The summed E-state index contributed by atoms with van der Waals surface area (Å²) in [7, 11) is -2.95. The Morgan fingerprint density at radius 2 is 1.78 bits per heavy atom. The number of methoxy groups -OCH3 is 1. The van der Waals surface area contributed by atoms with Gasteiger partial charge in [0, 0.05) is 12.1 Å². The van der Waals surface area contributed by atoms with Crippen molar-refractivity contribution in [2.75, 3.05) is 17.3 Å². The Morgan fingerprint density at radius 3 is 2.39 bits per heavy atom. The summed E-state index contributed by atoms with van der Waals surface area (Å²) < 4.78 is 63.1. The molecule has 3 aromatic rings. The Hall–Kier alpha value is -4.26. The average molecular weight is 521 g/mol. The molecule has 2 N–H and O–H groups in total. The number of hydrazone groups is 1. The predicted molar refractivity (Wildman–Crippen MR) is 130 cm³/mol. The van der Waals surface area contributed by atoms with Crippen LogP contribution in [0.5, 0.6) is 11.5 Å². The third-order valence-corrected chi connectivity index (χ3v) is 6.28. The molecule has 0 aliphatic heterocycles. The van der Waals surface area contributed by atoms with Crippen molar-refractivity contribution in [2.45, 2.75) is 24.9 Å². The number of sulfonamides is 1.